The zero-order valence-corrected chi connectivity index (χ0v) is 20.1. The molecule has 1 aromatic heterocycles. The smallest absolute Gasteiger partial charge is 0.257 e. The van der Waals surface area contributed by atoms with Gasteiger partial charge in [0.15, 0.2) is 5.16 Å². The summed E-state index contributed by atoms with van der Waals surface area (Å²) in [6.07, 6.45) is 3.05. The van der Waals surface area contributed by atoms with Crippen LogP contribution in [0.2, 0.25) is 0 Å². The number of carbonyl (C=O) groups excluding carboxylic acids is 1. The summed E-state index contributed by atoms with van der Waals surface area (Å²) in [6.45, 7) is 4.25. The van der Waals surface area contributed by atoms with E-state index < -0.39 is 0 Å². The van der Waals surface area contributed by atoms with Gasteiger partial charge in [-0.3, -0.25) is 14.2 Å². The molecule has 3 rings (SSSR count). The Bertz CT molecular complexity index is 1130. The van der Waals surface area contributed by atoms with Crippen LogP contribution in [0.5, 0.6) is 0 Å². The van der Waals surface area contributed by atoms with Crippen LogP contribution in [0.25, 0.3) is 0 Å². The van der Waals surface area contributed by atoms with E-state index in [1.54, 1.807) is 23.7 Å². The number of nitrogens with one attached hydrogen (secondary N) is 1. The number of rotatable bonds is 10. The van der Waals surface area contributed by atoms with Gasteiger partial charge in [-0.25, -0.2) is 9.37 Å². The van der Waals surface area contributed by atoms with Crippen molar-refractivity contribution in [2.45, 2.75) is 56.5 Å². The summed E-state index contributed by atoms with van der Waals surface area (Å²) in [5, 5.41) is 3.11. The summed E-state index contributed by atoms with van der Waals surface area (Å²) in [5.41, 5.74) is 3.15. The van der Waals surface area contributed by atoms with Gasteiger partial charge in [0.2, 0.25) is 5.91 Å². The molecule has 2 aromatic carbocycles. The lowest BCUT2D eigenvalue weighted by Gasteiger charge is -2.18. The van der Waals surface area contributed by atoms with Crippen LogP contribution in [0.3, 0.4) is 0 Å². The number of thioether (sulfide) groups is 1. The summed E-state index contributed by atoms with van der Waals surface area (Å²) in [6, 6.07) is 15.9. The highest BCUT2D eigenvalue weighted by atomic mass is 32.2. The Balaban J connectivity index is 1.76. The number of unbranched alkanes of at least 4 members (excludes halogenated alkanes) is 1. The zero-order chi connectivity index (χ0) is 23.8. The average Bonchev–Trinajstić information content (AvgIpc) is 2.82. The maximum Gasteiger partial charge on any atom is 0.257 e. The van der Waals surface area contributed by atoms with E-state index in [9.17, 15) is 14.0 Å². The Labute approximate surface area is 198 Å². The highest BCUT2D eigenvalue weighted by Gasteiger charge is 2.23. The molecule has 5 nitrogen and oxygen atoms in total. The Morgan fingerprint density at radius 1 is 1.12 bits per heavy atom. The van der Waals surface area contributed by atoms with Crippen molar-refractivity contribution in [2.24, 2.45) is 7.05 Å². The maximum atomic E-state index is 13.1. The molecule has 1 unspecified atom stereocenters. The van der Waals surface area contributed by atoms with Crippen LogP contribution in [-0.2, 0) is 24.8 Å². The summed E-state index contributed by atoms with van der Waals surface area (Å²) >= 11 is 1.32. The molecule has 0 spiro atoms. The third kappa shape index (κ3) is 6.78. The molecule has 1 N–H and O–H groups in total. The molecule has 0 saturated heterocycles. The fraction of sp³-hybridized carbons (Fsp3) is 0.346. The fourth-order valence-electron chi connectivity index (χ4n) is 3.50. The predicted molar refractivity (Wildman–Crippen MR) is 131 cm³/mol. The first-order valence-corrected chi connectivity index (χ1v) is 12.1. The maximum absolute atomic E-state index is 13.1. The SMILES string of the molecule is CCCCC(Sc1nc(C)c(Cc2ccccc2)c(=O)n1C)C(=O)NCc1ccc(F)cc1. The van der Waals surface area contributed by atoms with E-state index in [2.05, 4.69) is 12.2 Å². The largest absolute Gasteiger partial charge is 0.351 e. The van der Waals surface area contributed by atoms with Crippen molar-refractivity contribution in [1.82, 2.24) is 14.9 Å². The number of carbonyl (C=O) groups is 1. The Morgan fingerprint density at radius 2 is 1.82 bits per heavy atom. The quantitative estimate of drug-likeness (QED) is 0.344. The van der Waals surface area contributed by atoms with Crippen molar-refractivity contribution in [3.8, 4) is 0 Å². The van der Waals surface area contributed by atoms with Gasteiger partial charge in [-0.1, -0.05) is 74.0 Å². The first kappa shape index (κ1) is 24.7. The van der Waals surface area contributed by atoms with Gasteiger partial charge in [-0.2, -0.15) is 0 Å². The summed E-state index contributed by atoms with van der Waals surface area (Å²) in [4.78, 5) is 30.8. The Kier molecular flexibility index (Phi) is 8.83. The Hall–Kier alpha value is -2.93. The molecule has 0 fully saturated rings. The normalized spacial score (nSPS) is 11.9. The highest BCUT2D eigenvalue weighted by Crippen LogP contribution is 2.26. The highest BCUT2D eigenvalue weighted by molar-refractivity contribution is 8.00. The molecule has 1 heterocycles. The summed E-state index contributed by atoms with van der Waals surface area (Å²) in [5.74, 6) is -0.419. The third-order valence-electron chi connectivity index (χ3n) is 5.51. The number of aryl methyl sites for hydroxylation is 1. The van der Waals surface area contributed by atoms with Crippen LogP contribution in [0, 0.1) is 12.7 Å². The van der Waals surface area contributed by atoms with Crippen molar-refractivity contribution in [1.29, 1.82) is 0 Å². The molecule has 0 saturated carbocycles. The number of benzene rings is 2. The van der Waals surface area contributed by atoms with Crippen molar-refractivity contribution in [3.05, 3.63) is 93.2 Å². The van der Waals surface area contributed by atoms with Gasteiger partial charge in [0, 0.05) is 31.3 Å². The first-order valence-electron chi connectivity index (χ1n) is 11.2. The number of nitrogens with zero attached hydrogens (tertiary/aromatic N) is 2. The number of hydrogen-bond donors (Lipinski definition) is 1. The van der Waals surface area contributed by atoms with E-state index in [1.807, 2.05) is 37.3 Å². The molecule has 0 bridgehead atoms. The molecule has 3 aromatic rings. The number of halogens is 1. The molecule has 0 aliphatic rings. The van der Waals surface area contributed by atoms with Gasteiger partial charge >= 0.3 is 0 Å². The lowest BCUT2D eigenvalue weighted by atomic mass is 10.1. The molecule has 1 atom stereocenters. The van der Waals surface area contributed by atoms with Gasteiger partial charge < -0.3 is 5.32 Å². The van der Waals surface area contributed by atoms with E-state index in [0.29, 0.717) is 35.8 Å². The molecule has 0 radical (unpaired) electrons. The summed E-state index contributed by atoms with van der Waals surface area (Å²) < 4.78 is 14.7. The molecule has 1 amide bonds. The lowest BCUT2D eigenvalue weighted by molar-refractivity contribution is -0.120. The van der Waals surface area contributed by atoms with Crippen molar-refractivity contribution in [3.63, 3.8) is 0 Å². The van der Waals surface area contributed by atoms with Gasteiger partial charge in [0.1, 0.15) is 5.82 Å². The third-order valence-corrected chi connectivity index (χ3v) is 6.82. The van der Waals surface area contributed by atoms with Crippen molar-refractivity contribution >= 4 is 17.7 Å². The minimum atomic E-state index is -0.372. The second-order valence-electron chi connectivity index (χ2n) is 8.08. The monoisotopic (exact) mass is 467 g/mol. The van der Waals surface area contributed by atoms with Crippen LogP contribution in [0.15, 0.2) is 64.5 Å². The minimum absolute atomic E-state index is 0.0881. The van der Waals surface area contributed by atoms with Crippen LogP contribution in [-0.4, -0.2) is 20.7 Å². The minimum Gasteiger partial charge on any atom is -0.351 e. The van der Waals surface area contributed by atoms with Crippen molar-refractivity contribution < 1.29 is 9.18 Å². The molecular formula is C26H30FN3O2S. The predicted octanol–water partition coefficient (Wildman–Crippen LogP) is 4.79. The second kappa shape index (κ2) is 11.8. The molecule has 7 heteroatoms. The fourth-order valence-corrected chi connectivity index (χ4v) is 4.66. The van der Waals surface area contributed by atoms with E-state index in [1.165, 1.54) is 23.9 Å². The van der Waals surface area contributed by atoms with Gasteiger partial charge in [0.25, 0.3) is 5.56 Å². The zero-order valence-electron chi connectivity index (χ0n) is 19.3. The molecular weight excluding hydrogens is 437 g/mol. The van der Waals surface area contributed by atoms with Crippen LogP contribution in [0.4, 0.5) is 4.39 Å². The van der Waals surface area contributed by atoms with Crippen LogP contribution in [0.1, 0.15) is 48.6 Å². The number of amides is 1. The van der Waals surface area contributed by atoms with E-state index in [4.69, 9.17) is 4.98 Å². The van der Waals surface area contributed by atoms with Crippen molar-refractivity contribution in [2.75, 3.05) is 0 Å². The molecule has 0 aliphatic heterocycles. The second-order valence-corrected chi connectivity index (χ2v) is 9.25. The van der Waals surface area contributed by atoms with Gasteiger partial charge in [-0.15, -0.1) is 0 Å². The number of hydrogen-bond acceptors (Lipinski definition) is 4. The Morgan fingerprint density at radius 3 is 2.48 bits per heavy atom. The van der Waals surface area contributed by atoms with E-state index in [-0.39, 0.29) is 22.5 Å². The average molecular weight is 468 g/mol. The van der Waals surface area contributed by atoms with Crippen LogP contribution >= 0.6 is 11.8 Å². The van der Waals surface area contributed by atoms with Gasteiger partial charge in [-0.05, 0) is 36.6 Å². The van der Waals surface area contributed by atoms with E-state index >= 15 is 0 Å². The lowest BCUT2D eigenvalue weighted by Crippen LogP contribution is -2.33. The molecule has 33 heavy (non-hydrogen) atoms. The van der Waals surface area contributed by atoms with Crippen LogP contribution < -0.4 is 10.9 Å². The summed E-state index contributed by atoms with van der Waals surface area (Å²) in [7, 11) is 1.71. The number of aromatic nitrogens is 2. The topological polar surface area (TPSA) is 64.0 Å². The van der Waals surface area contributed by atoms with E-state index in [0.717, 1.165) is 24.0 Å². The standard InChI is InChI=1S/C26H30FN3O2S/c1-4-5-11-23(24(31)28-17-20-12-14-21(27)15-13-20)33-26-29-18(2)22(25(32)30(26)3)16-19-9-7-6-8-10-19/h6-10,12-15,23H,4-5,11,16-17H2,1-3H3,(H,28,31). The first-order chi connectivity index (χ1) is 15.9. The van der Waals surface area contributed by atoms with Gasteiger partial charge in [0.05, 0.1) is 5.25 Å². The molecule has 0 aliphatic carbocycles. The molecule has 174 valence electrons.